The molecule has 7 nitrogen and oxygen atoms in total. The maximum Gasteiger partial charge on any atom is 0.0859 e. The summed E-state index contributed by atoms with van der Waals surface area (Å²) in [7, 11) is 4.69. The van der Waals surface area contributed by atoms with E-state index in [2.05, 4.69) is 45.3 Å². The largest absolute Gasteiger partial charge is 0.505 e. The second kappa shape index (κ2) is 25.3. The van der Waals surface area contributed by atoms with E-state index in [-0.39, 0.29) is 0 Å². The van der Waals surface area contributed by atoms with Crippen LogP contribution < -0.4 is 0 Å². The van der Waals surface area contributed by atoms with Gasteiger partial charge in [0, 0.05) is 13.2 Å². The van der Waals surface area contributed by atoms with Crippen LogP contribution in [-0.2, 0) is 33.2 Å². The number of fused-ring (bicyclic) bond motifs is 3. The Labute approximate surface area is 196 Å². The lowest BCUT2D eigenvalue weighted by Crippen LogP contribution is -2.13. The van der Waals surface area contributed by atoms with Gasteiger partial charge in [-0.25, -0.2) is 0 Å². The second-order valence-corrected chi connectivity index (χ2v) is 6.76. The lowest BCUT2D eigenvalue weighted by molar-refractivity contribution is 0.0732. The monoisotopic (exact) mass is 458 g/mol. The number of methoxy groups -OCH3 is 3. The van der Waals surface area contributed by atoms with Crippen molar-refractivity contribution in [1.82, 2.24) is 0 Å². The molecule has 0 N–H and O–H groups in total. The van der Waals surface area contributed by atoms with Crippen LogP contribution in [0.5, 0.6) is 0 Å². The van der Waals surface area contributed by atoms with Crippen LogP contribution >= 0.6 is 0 Å². The van der Waals surface area contributed by atoms with Crippen molar-refractivity contribution in [1.29, 1.82) is 0 Å². The molecule has 2 bridgehead atoms. The zero-order valence-electron chi connectivity index (χ0n) is 20.7. The zero-order chi connectivity index (χ0) is 24.5. The summed E-state index contributed by atoms with van der Waals surface area (Å²) >= 11 is 0. The van der Waals surface area contributed by atoms with Gasteiger partial charge >= 0.3 is 0 Å². The molecule has 0 aliphatic carbocycles. The van der Waals surface area contributed by atoms with Gasteiger partial charge in [0.15, 0.2) is 0 Å². The minimum absolute atomic E-state index is 0.454. The third kappa shape index (κ3) is 18.8. The van der Waals surface area contributed by atoms with E-state index in [1.807, 2.05) is 6.92 Å². The summed E-state index contributed by atoms with van der Waals surface area (Å²) in [5, 5.41) is 0. The molecule has 32 heavy (non-hydrogen) atoms. The first-order chi connectivity index (χ1) is 15.6. The van der Waals surface area contributed by atoms with Crippen molar-refractivity contribution in [2.24, 2.45) is 0 Å². The number of hydrogen-bond acceptors (Lipinski definition) is 7. The molecule has 4 fully saturated rings. The Kier molecular flexibility index (Phi) is 25.5. The lowest BCUT2D eigenvalue weighted by atomic mass is 10.0. The molecule has 4 saturated heterocycles. The summed E-state index contributed by atoms with van der Waals surface area (Å²) in [5.74, 6) is 0. The van der Waals surface area contributed by atoms with E-state index in [4.69, 9.17) is 14.2 Å². The van der Waals surface area contributed by atoms with Gasteiger partial charge in [0.1, 0.15) is 0 Å². The van der Waals surface area contributed by atoms with E-state index in [0.29, 0.717) is 24.4 Å². The van der Waals surface area contributed by atoms with Crippen LogP contribution in [0.1, 0.15) is 45.4 Å². The normalized spacial score (nSPS) is 24.8. The van der Waals surface area contributed by atoms with E-state index < -0.39 is 0 Å². The highest BCUT2D eigenvalue weighted by Crippen LogP contribution is 2.33. The van der Waals surface area contributed by atoms with Gasteiger partial charge in [0.05, 0.1) is 77.4 Å². The summed E-state index contributed by atoms with van der Waals surface area (Å²) in [6.45, 7) is 17.6. The van der Waals surface area contributed by atoms with Gasteiger partial charge in [0.2, 0.25) is 0 Å². The molecule has 188 valence electrons. The van der Waals surface area contributed by atoms with Crippen LogP contribution in [0.2, 0.25) is 0 Å². The van der Waals surface area contributed by atoms with Crippen molar-refractivity contribution in [2.75, 3.05) is 41.2 Å². The Hall–Kier alpha value is -1.96. The molecule has 0 radical (unpaired) electrons. The molecule has 4 rings (SSSR count). The zero-order valence-corrected chi connectivity index (χ0v) is 20.7. The predicted octanol–water partition coefficient (Wildman–Crippen LogP) is 5.39. The first-order valence-electron chi connectivity index (χ1n) is 11.1. The smallest absolute Gasteiger partial charge is 0.0859 e. The van der Waals surface area contributed by atoms with Gasteiger partial charge in [-0.05, 0) is 45.4 Å². The highest BCUT2D eigenvalue weighted by atomic mass is 16.6. The first kappa shape index (κ1) is 32.2. The molecule has 0 aromatic carbocycles. The molecule has 7 heteroatoms. The van der Waals surface area contributed by atoms with Crippen LogP contribution in [0.4, 0.5) is 0 Å². The van der Waals surface area contributed by atoms with Crippen LogP contribution in [-0.4, -0.2) is 65.6 Å². The van der Waals surface area contributed by atoms with Crippen molar-refractivity contribution < 1.29 is 33.2 Å². The summed E-state index contributed by atoms with van der Waals surface area (Å²) in [5.41, 5.74) is 0. The minimum atomic E-state index is 0.454. The first-order valence-corrected chi connectivity index (χ1v) is 11.1. The quantitative estimate of drug-likeness (QED) is 0.512. The second-order valence-electron chi connectivity index (χ2n) is 6.76. The van der Waals surface area contributed by atoms with Gasteiger partial charge in [-0.2, -0.15) is 0 Å². The standard InChI is InChI=1S/C6H10O2.C6H10O.C4H8O.3C3H6O/c1-3-7-6-2-4-8-5(1)6;1-2-6-4-3-5(1)7-6;1-3-5-4-2;3*1-3-4-2/h5-6H,1-4H2;5-6H,1-4H2;3H,1,4H2,2H3;3*3H,1H2,2H3. The van der Waals surface area contributed by atoms with Gasteiger partial charge < -0.3 is 33.2 Å². The fourth-order valence-corrected chi connectivity index (χ4v) is 3.12. The molecule has 2 atom stereocenters. The molecule has 0 saturated carbocycles. The van der Waals surface area contributed by atoms with E-state index in [1.165, 1.54) is 50.7 Å². The van der Waals surface area contributed by atoms with E-state index in [1.54, 1.807) is 21.3 Å². The summed E-state index contributed by atoms with van der Waals surface area (Å²) in [6, 6.07) is 0. The van der Waals surface area contributed by atoms with Crippen molar-refractivity contribution >= 4 is 0 Å². The predicted molar refractivity (Wildman–Crippen MR) is 129 cm³/mol. The molecule has 0 aromatic heterocycles. The van der Waals surface area contributed by atoms with E-state index in [0.717, 1.165) is 32.7 Å². The molecule has 0 spiro atoms. The highest BCUT2D eigenvalue weighted by Gasteiger charge is 2.33. The van der Waals surface area contributed by atoms with Crippen molar-refractivity contribution in [2.45, 2.75) is 69.9 Å². The fraction of sp³-hybridized carbons (Fsp3) is 0.680. The van der Waals surface area contributed by atoms with Gasteiger partial charge in [-0.3, -0.25) is 0 Å². The maximum absolute atomic E-state index is 5.47. The third-order valence-corrected chi connectivity index (χ3v) is 4.67. The Morgan fingerprint density at radius 1 is 0.656 bits per heavy atom. The Bertz CT molecular complexity index is 385. The lowest BCUT2D eigenvalue weighted by Gasteiger charge is -2.03. The Balaban J connectivity index is 0. The maximum atomic E-state index is 5.47. The average molecular weight is 459 g/mol. The van der Waals surface area contributed by atoms with E-state index in [9.17, 15) is 0 Å². The van der Waals surface area contributed by atoms with Gasteiger partial charge in [-0.1, -0.05) is 26.3 Å². The molecule has 4 aliphatic heterocycles. The molecule has 4 aliphatic rings. The molecule has 0 aromatic rings. The van der Waals surface area contributed by atoms with Crippen LogP contribution in [0.3, 0.4) is 0 Å². The molecular formula is C25H46O7. The number of ether oxygens (including phenoxy) is 7. The summed E-state index contributed by atoms with van der Waals surface area (Å²) in [6.07, 6.45) is 15.4. The van der Waals surface area contributed by atoms with Gasteiger partial charge in [-0.15, -0.1) is 0 Å². The topological polar surface area (TPSA) is 64.6 Å². The van der Waals surface area contributed by atoms with Crippen LogP contribution in [0.15, 0.2) is 51.4 Å². The van der Waals surface area contributed by atoms with Gasteiger partial charge in [0.25, 0.3) is 0 Å². The molecule has 0 amide bonds. The highest BCUT2D eigenvalue weighted by molar-refractivity contribution is 4.82. The number of rotatable bonds is 5. The summed E-state index contributed by atoms with van der Waals surface area (Å²) in [4.78, 5) is 0. The number of hydrogen-bond donors (Lipinski definition) is 0. The van der Waals surface area contributed by atoms with Crippen LogP contribution in [0.25, 0.3) is 0 Å². The average Bonchev–Trinajstić information content (AvgIpc) is 3.64. The Morgan fingerprint density at radius 3 is 1.16 bits per heavy atom. The van der Waals surface area contributed by atoms with Crippen LogP contribution in [0, 0.1) is 0 Å². The van der Waals surface area contributed by atoms with Crippen molar-refractivity contribution in [3.63, 3.8) is 0 Å². The van der Waals surface area contributed by atoms with E-state index >= 15 is 0 Å². The third-order valence-electron chi connectivity index (χ3n) is 4.67. The molecule has 2 unspecified atom stereocenters. The van der Waals surface area contributed by atoms with Crippen molar-refractivity contribution in [3.8, 4) is 0 Å². The molecular weight excluding hydrogens is 412 g/mol. The molecule has 4 heterocycles. The summed E-state index contributed by atoms with van der Waals surface area (Å²) < 4.78 is 33.7. The Morgan fingerprint density at radius 2 is 1.00 bits per heavy atom. The SMILES string of the molecule is C1CC2CCC1O2.C1CC2OCCC2O1.C=COC.C=COC.C=COC.C=COCC. The minimum Gasteiger partial charge on any atom is -0.505 e. The van der Waals surface area contributed by atoms with Crippen molar-refractivity contribution in [3.05, 3.63) is 51.4 Å². The fourth-order valence-electron chi connectivity index (χ4n) is 3.12.